The molecule has 9 heteroatoms. The number of sulfonamides is 1. The van der Waals surface area contributed by atoms with Crippen LogP contribution < -0.4 is 20.5 Å². The van der Waals surface area contributed by atoms with Gasteiger partial charge in [-0.2, -0.15) is 0 Å². The van der Waals surface area contributed by atoms with Crippen molar-refractivity contribution in [2.75, 3.05) is 25.5 Å². The molecule has 0 saturated heterocycles. The van der Waals surface area contributed by atoms with E-state index in [4.69, 9.17) is 21.5 Å². The van der Waals surface area contributed by atoms with E-state index in [1.54, 1.807) is 30.3 Å². The Bertz CT molecular complexity index is 870. The van der Waals surface area contributed by atoms with Crippen LogP contribution in [0.15, 0.2) is 47.4 Å². The van der Waals surface area contributed by atoms with E-state index in [0.29, 0.717) is 29.4 Å². The maximum atomic E-state index is 12.0. The Hall–Kier alpha value is -2.13. The lowest BCUT2D eigenvalue weighted by atomic mass is 10.1. The molecular formula is C17H20ClN3O4S. The van der Waals surface area contributed by atoms with Crippen LogP contribution in [0.2, 0.25) is 5.02 Å². The molecular weight excluding hydrogens is 378 g/mol. The van der Waals surface area contributed by atoms with Crippen molar-refractivity contribution < 1.29 is 17.9 Å². The summed E-state index contributed by atoms with van der Waals surface area (Å²) in [7, 11) is -2.17. The number of benzene rings is 2. The number of amides is 1. The van der Waals surface area contributed by atoms with E-state index in [-0.39, 0.29) is 17.3 Å². The van der Waals surface area contributed by atoms with E-state index < -0.39 is 10.0 Å². The second-order valence-electron chi connectivity index (χ2n) is 5.51. The van der Waals surface area contributed by atoms with Crippen molar-refractivity contribution in [1.82, 2.24) is 5.32 Å². The SMILES string of the molecule is COc1ccc(Cl)cc1NC(=O)CNCCc1ccc(S(N)(=O)=O)cc1. The number of hydrogen-bond acceptors (Lipinski definition) is 5. The molecule has 2 aromatic rings. The summed E-state index contributed by atoms with van der Waals surface area (Å²) in [6, 6.07) is 11.3. The van der Waals surface area contributed by atoms with Crippen molar-refractivity contribution in [3.05, 3.63) is 53.1 Å². The summed E-state index contributed by atoms with van der Waals surface area (Å²) in [4.78, 5) is 12.1. The first-order valence-electron chi connectivity index (χ1n) is 7.75. The molecule has 0 atom stereocenters. The highest BCUT2D eigenvalue weighted by Gasteiger charge is 2.09. The van der Waals surface area contributed by atoms with Gasteiger partial charge in [-0.25, -0.2) is 13.6 Å². The molecule has 0 saturated carbocycles. The highest BCUT2D eigenvalue weighted by Crippen LogP contribution is 2.27. The maximum absolute atomic E-state index is 12.0. The van der Waals surface area contributed by atoms with Crippen LogP contribution in [0, 0.1) is 0 Å². The molecule has 0 heterocycles. The topological polar surface area (TPSA) is 111 Å². The Balaban J connectivity index is 1.79. The van der Waals surface area contributed by atoms with Gasteiger partial charge in [0.1, 0.15) is 5.75 Å². The lowest BCUT2D eigenvalue weighted by molar-refractivity contribution is -0.115. The Morgan fingerprint density at radius 1 is 1.19 bits per heavy atom. The summed E-state index contributed by atoms with van der Waals surface area (Å²) in [6.45, 7) is 0.666. The van der Waals surface area contributed by atoms with E-state index in [2.05, 4.69) is 10.6 Å². The van der Waals surface area contributed by atoms with Crippen LogP contribution in [0.4, 0.5) is 5.69 Å². The molecule has 0 unspecified atom stereocenters. The first-order chi connectivity index (χ1) is 12.3. The fraction of sp³-hybridized carbons (Fsp3) is 0.235. The monoisotopic (exact) mass is 397 g/mol. The molecule has 0 aliphatic heterocycles. The van der Waals surface area contributed by atoms with Crippen molar-refractivity contribution in [2.24, 2.45) is 5.14 Å². The summed E-state index contributed by atoms with van der Waals surface area (Å²) in [6.07, 6.45) is 0.638. The number of ether oxygens (including phenoxy) is 1. The van der Waals surface area contributed by atoms with Gasteiger partial charge >= 0.3 is 0 Å². The molecule has 7 nitrogen and oxygen atoms in total. The number of carbonyl (C=O) groups excluding carboxylic acids is 1. The average Bonchev–Trinajstić information content (AvgIpc) is 2.58. The molecule has 0 aliphatic rings. The Morgan fingerprint density at radius 3 is 2.50 bits per heavy atom. The number of rotatable bonds is 8. The van der Waals surface area contributed by atoms with Gasteiger partial charge in [0.25, 0.3) is 0 Å². The van der Waals surface area contributed by atoms with Gasteiger partial charge in [0.15, 0.2) is 0 Å². The molecule has 1 amide bonds. The van der Waals surface area contributed by atoms with Crippen LogP contribution in [-0.2, 0) is 21.2 Å². The molecule has 4 N–H and O–H groups in total. The molecule has 0 bridgehead atoms. The van der Waals surface area contributed by atoms with E-state index in [1.165, 1.54) is 19.2 Å². The summed E-state index contributed by atoms with van der Waals surface area (Å²) in [5.41, 5.74) is 1.44. The lowest BCUT2D eigenvalue weighted by Crippen LogP contribution is -2.29. The van der Waals surface area contributed by atoms with Crippen LogP contribution in [0.3, 0.4) is 0 Å². The fourth-order valence-corrected chi connectivity index (χ4v) is 2.94. The molecule has 0 aliphatic carbocycles. The van der Waals surface area contributed by atoms with Crippen molar-refractivity contribution in [3.63, 3.8) is 0 Å². The first-order valence-corrected chi connectivity index (χ1v) is 9.68. The smallest absolute Gasteiger partial charge is 0.238 e. The Morgan fingerprint density at radius 2 is 1.88 bits per heavy atom. The van der Waals surface area contributed by atoms with Crippen LogP contribution in [0.25, 0.3) is 0 Å². The number of hydrogen-bond donors (Lipinski definition) is 3. The van der Waals surface area contributed by atoms with Crippen molar-refractivity contribution in [3.8, 4) is 5.75 Å². The second-order valence-corrected chi connectivity index (χ2v) is 7.51. The zero-order valence-electron chi connectivity index (χ0n) is 14.2. The van der Waals surface area contributed by atoms with Crippen molar-refractivity contribution in [1.29, 1.82) is 0 Å². The fourth-order valence-electron chi connectivity index (χ4n) is 2.25. The minimum atomic E-state index is -3.68. The number of nitrogens with two attached hydrogens (primary N) is 1. The van der Waals surface area contributed by atoms with Crippen LogP contribution in [0.5, 0.6) is 5.75 Å². The first kappa shape index (κ1) is 20.2. The third-order valence-electron chi connectivity index (χ3n) is 3.56. The maximum Gasteiger partial charge on any atom is 0.238 e. The third kappa shape index (κ3) is 5.99. The molecule has 0 fully saturated rings. The van der Waals surface area contributed by atoms with Gasteiger partial charge in [-0.15, -0.1) is 0 Å². The van der Waals surface area contributed by atoms with E-state index in [0.717, 1.165) is 5.56 Å². The van der Waals surface area contributed by atoms with Gasteiger partial charge in [0, 0.05) is 5.02 Å². The quantitative estimate of drug-likeness (QED) is 0.588. The standard InChI is InChI=1S/C17H20ClN3O4S/c1-25-16-7-4-13(18)10-15(16)21-17(22)11-20-9-8-12-2-5-14(6-3-12)26(19,23)24/h2-7,10,20H,8-9,11H2,1H3,(H,21,22)(H2,19,23,24). The predicted octanol–water partition coefficient (Wildman–Crippen LogP) is 1.77. The molecule has 0 aromatic heterocycles. The van der Waals surface area contributed by atoms with E-state index >= 15 is 0 Å². The van der Waals surface area contributed by atoms with Crippen LogP contribution >= 0.6 is 11.6 Å². The number of methoxy groups -OCH3 is 1. The van der Waals surface area contributed by atoms with Gasteiger partial charge in [-0.1, -0.05) is 23.7 Å². The molecule has 2 rings (SSSR count). The predicted molar refractivity (Wildman–Crippen MR) is 101 cm³/mol. The number of anilines is 1. The second kappa shape index (κ2) is 9.00. The van der Waals surface area contributed by atoms with E-state index in [1.807, 2.05) is 0 Å². The normalized spacial score (nSPS) is 11.2. The van der Waals surface area contributed by atoms with Gasteiger partial charge in [-0.05, 0) is 48.9 Å². The van der Waals surface area contributed by atoms with Gasteiger partial charge < -0.3 is 15.4 Å². The molecule has 2 aromatic carbocycles. The molecule has 26 heavy (non-hydrogen) atoms. The zero-order chi connectivity index (χ0) is 19.2. The van der Waals surface area contributed by atoms with Crippen LogP contribution in [-0.4, -0.2) is 34.5 Å². The average molecular weight is 398 g/mol. The van der Waals surface area contributed by atoms with Gasteiger partial charge in [0.2, 0.25) is 15.9 Å². The van der Waals surface area contributed by atoms with Crippen molar-refractivity contribution >= 4 is 33.2 Å². The van der Waals surface area contributed by atoms with Crippen molar-refractivity contribution in [2.45, 2.75) is 11.3 Å². The number of halogens is 1. The van der Waals surface area contributed by atoms with E-state index in [9.17, 15) is 13.2 Å². The Kier molecular flexibility index (Phi) is 6.98. The largest absolute Gasteiger partial charge is 0.495 e. The number of carbonyl (C=O) groups is 1. The number of primary sulfonamides is 1. The minimum absolute atomic E-state index is 0.0732. The highest BCUT2D eigenvalue weighted by atomic mass is 35.5. The molecule has 0 spiro atoms. The van der Waals surface area contributed by atoms with Gasteiger partial charge in [-0.3, -0.25) is 4.79 Å². The minimum Gasteiger partial charge on any atom is -0.495 e. The number of nitrogens with one attached hydrogen (secondary N) is 2. The summed E-state index contributed by atoms with van der Waals surface area (Å²) in [5.74, 6) is 0.299. The zero-order valence-corrected chi connectivity index (χ0v) is 15.7. The summed E-state index contributed by atoms with van der Waals surface area (Å²) < 4.78 is 27.6. The van der Waals surface area contributed by atoms with Gasteiger partial charge in [0.05, 0.1) is 24.2 Å². The summed E-state index contributed by atoms with van der Waals surface area (Å²) in [5, 5.41) is 11.3. The summed E-state index contributed by atoms with van der Waals surface area (Å²) >= 11 is 5.92. The third-order valence-corrected chi connectivity index (χ3v) is 4.73. The molecule has 0 radical (unpaired) electrons. The molecule has 140 valence electrons. The highest BCUT2D eigenvalue weighted by molar-refractivity contribution is 7.89. The Labute approximate surface area is 157 Å². The lowest BCUT2D eigenvalue weighted by Gasteiger charge is -2.11. The van der Waals surface area contributed by atoms with Crippen LogP contribution in [0.1, 0.15) is 5.56 Å².